The summed E-state index contributed by atoms with van der Waals surface area (Å²) in [5.74, 6) is 0. The van der Waals surface area contributed by atoms with Gasteiger partial charge in [-0.05, 0) is 36.7 Å². The molecule has 2 N–H and O–H groups in total. The third-order valence-electron chi connectivity index (χ3n) is 1.93. The maximum Gasteiger partial charge on any atom is 0.410 e. The van der Waals surface area contributed by atoms with Gasteiger partial charge in [0, 0.05) is 19.8 Å². The number of nitriles is 1. The summed E-state index contributed by atoms with van der Waals surface area (Å²) in [5, 5.41) is 8.84. The van der Waals surface area contributed by atoms with Crippen molar-refractivity contribution >= 4 is 27.7 Å². The van der Waals surface area contributed by atoms with E-state index >= 15 is 0 Å². The van der Waals surface area contributed by atoms with E-state index in [0.29, 0.717) is 10.2 Å². The van der Waals surface area contributed by atoms with Crippen LogP contribution in [0, 0.1) is 11.3 Å². The molecule has 0 aliphatic carbocycles. The molecule has 0 atom stereocenters. The highest BCUT2D eigenvalue weighted by molar-refractivity contribution is 9.12. The molecule has 0 heterocycles. The molecule has 6 nitrogen and oxygen atoms in total. The smallest absolute Gasteiger partial charge is 0.410 e. The van der Waals surface area contributed by atoms with E-state index in [-0.39, 0.29) is 12.3 Å². The number of likely N-dealkylation sites (N-methyl/N-ethyl adjacent to an activating group) is 1. The maximum absolute atomic E-state index is 11.7. The van der Waals surface area contributed by atoms with E-state index in [2.05, 4.69) is 20.9 Å². The number of nitrogens with two attached hydrogens (primary N) is 1. The van der Waals surface area contributed by atoms with Crippen LogP contribution in [0.1, 0.15) is 20.8 Å². The molecule has 0 bridgehead atoms. The number of carbonyl (C=O) groups is 1. The molecular formula is C12H19BrN4O2. The number of hydrogen-bond donors (Lipinski definition) is 1. The Labute approximate surface area is 122 Å². The van der Waals surface area contributed by atoms with E-state index in [0.717, 1.165) is 0 Å². The first-order valence-electron chi connectivity index (χ1n) is 5.58. The summed E-state index contributed by atoms with van der Waals surface area (Å²) >= 11 is 3.19. The standard InChI is InChI=1S/C12H19BrN4O2/c1-12(2,3)19-11(18)17(5)7-8(15)10(13)9(6-14)16-4/h7,15H2,1-5H3. The summed E-state index contributed by atoms with van der Waals surface area (Å²) in [6, 6.07) is 1.90. The minimum absolute atomic E-state index is 0.135. The molecule has 0 spiro atoms. The topological polar surface area (TPSA) is 91.7 Å². The molecule has 0 aliphatic heterocycles. The molecule has 0 aliphatic rings. The van der Waals surface area contributed by atoms with E-state index in [9.17, 15) is 4.79 Å². The first kappa shape index (κ1) is 17.4. The summed E-state index contributed by atoms with van der Waals surface area (Å²) in [7, 11) is 3.06. The second-order valence-corrected chi connectivity index (χ2v) is 5.65. The van der Waals surface area contributed by atoms with Gasteiger partial charge in [-0.2, -0.15) is 5.26 Å². The maximum atomic E-state index is 11.7. The largest absolute Gasteiger partial charge is 0.444 e. The fraction of sp³-hybridized carbons (Fsp3) is 0.583. The molecule has 0 saturated carbocycles. The van der Waals surface area contributed by atoms with Gasteiger partial charge in [-0.1, -0.05) is 0 Å². The van der Waals surface area contributed by atoms with Crippen LogP contribution in [0.5, 0.6) is 0 Å². The van der Waals surface area contributed by atoms with Crippen molar-refractivity contribution < 1.29 is 9.53 Å². The molecule has 19 heavy (non-hydrogen) atoms. The molecule has 0 rings (SSSR count). The molecule has 0 aromatic carbocycles. The highest BCUT2D eigenvalue weighted by atomic mass is 79.9. The van der Waals surface area contributed by atoms with Crippen LogP contribution in [0.15, 0.2) is 15.2 Å². The van der Waals surface area contributed by atoms with Crippen LogP contribution in [0.2, 0.25) is 0 Å². The molecule has 106 valence electrons. The van der Waals surface area contributed by atoms with Crippen molar-refractivity contribution in [2.45, 2.75) is 26.4 Å². The molecule has 0 aromatic rings. The number of aliphatic imine (C=N–C) groups is 1. The van der Waals surface area contributed by atoms with Gasteiger partial charge in [0.2, 0.25) is 0 Å². The Morgan fingerprint density at radius 3 is 2.42 bits per heavy atom. The van der Waals surface area contributed by atoms with E-state index in [1.54, 1.807) is 27.8 Å². The molecule has 0 radical (unpaired) electrons. The number of amides is 1. The van der Waals surface area contributed by atoms with Crippen molar-refractivity contribution in [3.05, 3.63) is 10.2 Å². The highest BCUT2D eigenvalue weighted by Gasteiger charge is 2.20. The number of rotatable bonds is 3. The zero-order valence-electron chi connectivity index (χ0n) is 11.8. The molecule has 0 fully saturated rings. The Hall–Kier alpha value is -1.55. The first-order valence-corrected chi connectivity index (χ1v) is 6.37. The monoisotopic (exact) mass is 330 g/mol. The highest BCUT2D eigenvalue weighted by Crippen LogP contribution is 2.13. The van der Waals surface area contributed by atoms with Crippen molar-refractivity contribution in [1.82, 2.24) is 4.90 Å². The van der Waals surface area contributed by atoms with Gasteiger partial charge in [-0.3, -0.25) is 4.99 Å². The number of nitrogens with zero attached hydrogens (tertiary/aromatic N) is 3. The zero-order chi connectivity index (χ0) is 15.2. The Morgan fingerprint density at radius 2 is 2.05 bits per heavy atom. The Bertz CT molecular complexity index is 444. The summed E-state index contributed by atoms with van der Waals surface area (Å²) < 4.78 is 5.57. The van der Waals surface area contributed by atoms with Gasteiger partial charge in [0.25, 0.3) is 0 Å². The first-order chi connectivity index (χ1) is 8.62. The average molecular weight is 331 g/mol. The minimum atomic E-state index is -0.566. The molecule has 7 heteroatoms. The van der Waals surface area contributed by atoms with Crippen LogP contribution in [0.25, 0.3) is 0 Å². The van der Waals surface area contributed by atoms with Crippen LogP contribution in [-0.4, -0.2) is 42.9 Å². The van der Waals surface area contributed by atoms with Gasteiger partial charge in [0.05, 0.1) is 11.0 Å². The number of halogens is 1. The average Bonchev–Trinajstić information content (AvgIpc) is 2.27. The Balaban J connectivity index is 4.83. The molecule has 0 aromatic heterocycles. The quantitative estimate of drug-likeness (QED) is 0.801. The van der Waals surface area contributed by atoms with E-state index in [1.165, 1.54) is 11.9 Å². The lowest BCUT2D eigenvalue weighted by Gasteiger charge is -2.24. The van der Waals surface area contributed by atoms with Crippen LogP contribution < -0.4 is 5.73 Å². The van der Waals surface area contributed by atoms with E-state index < -0.39 is 11.7 Å². The van der Waals surface area contributed by atoms with Gasteiger partial charge in [-0.25, -0.2) is 4.79 Å². The summed E-state index contributed by atoms with van der Waals surface area (Å²) in [6.45, 7) is 5.48. The summed E-state index contributed by atoms with van der Waals surface area (Å²) in [6.07, 6.45) is -0.484. The van der Waals surface area contributed by atoms with Gasteiger partial charge < -0.3 is 15.4 Å². The lowest BCUT2D eigenvalue weighted by Crippen LogP contribution is -2.36. The normalized spacial score (nSPS) is 13.4. The van der Waals surface area contributed by atoms with Crippen LogP contribution in [-0.2, 0) is 4.74 Å². The van der Waals surface area contributed by atoms with Crippen molar-refractivity contribution in [3.63, 3.8) is 0 Å². The second-order valence-electron chi connectivity index (χ2n) is 4.86. The number of carbonyl (C=O) groups excluding carboxylic acids is 1. The van der Waals surface area contributed by atoms with Crippen molar-refractivity contribution in [2.75, 3.05) is 20.6 Å². The lowest BCUT2D eigenvalue weighted by atomic mass is 10.2. The number of hydrogen-bond acceptors (Lipinski definition) is 5. The lowest BCUT2D eigenvalue weighted by molar-refractivity contribution is 0.0313. The molecule has 1 amide bonds. The zero-order valence-corrected chi connectivity index (χ0v) is 13.4. The van der Waals surface area contributed by atoms with Crippen LogP contribution >= 0.6 is 15.9 Å². The fourth-order valence-electron chi connectivity index (χ4n) is 1.08. The third kappa shape index (κ3) is 6.25. The van der Waals surface area contributed by atoms with Gasteiger partial charge in [0.15, 0.2) is 5.71 Å². The Morgan fingerprint density at radius 1 is 1.53 bits per heavy atom. The molecular weight excluding hydrogens is 312 g/mol. The Kier molecular flexibility index (Phi) is 6.56. The predicted molar refractivity (Wildman–Crippen MR) is 78.0 cm³/mol. The summed E-state index contributed by atoms with van der Waals surface area (Å²) in [4.78, 5) is 16.8. The van der Waals surface area contributed by atoms with Gasteiger partial charge in [0.1, 0.15) is 11.7 Å². The summed E-state index contributed by atoms with van der Waals surface area (Å²) in [5.41, 5.74) is 5.76. The minimum Gasteiger partial charge on any atom is -0.444 e. The van der Waals surface area contributed by atoms with E-state index in [1.807, 2.05) is 6.07 Å². The predicted octanol–water partition coefficient (Wildman–Crippen LogP) is 2.01. The third-order valence-corrected chi connectivity index (χ3v) is 2.82. The van der Waals surface area contributed by atoms with Crippen molar-refractivity contribution in [3.8, 4) is 6.07 Å². The second kappa shape index (κ2) is 7.14. The van der Waals surface area contributed by atoms with Gasteiger partial charge >= 0.3 is 6.09 Å². The van der Waals surface area contributed by atoms with Crippen molar-refractivity contribution in [1.29, 1.82) is 5.26 Å². The van der Waals surface area contributed by atoms with E-state index in [4.69, 9.17) is 15.7 Å². The van der Waals surface area contributed by atoms with Crippen molar-refractivity contribution in [2.24, 2.45) is 10.7 Å². The molecule has 0 saturated heterocycles. The SMILES string of the molecule is CN=C(C#N)C(Br)=C(N)CN(C)C(=O)OC(C)(C)C. The number of ether oxygens (including phenoxy) is 1. The van der Waals surface area contributed by atoms with Crippen LogP contribution in [0.4, 0.5) is 4.79 Å². The van der Waals surface area contributed by atoms with Crippen LogP contribution in [0.3, 0.4) is 0 Å². The number of allylic oxidation sites excluding steroid dienone is 1. The molecule has 0 unspecified atom stereocenters. The fourth-order valence-corrected chi connectivity index (χ4v) is 1.47. The van der Waals surface area contributed by atoms with Gasteiger partial charge in [-0.15, -0.1) is 0 Å².